The minimum absolute atomic E-state index is 0.591. The molecule has 3 rings (SSSR count). The van der Waals surface area contributed by atoms with Crippen molar-refractivity contribution in [1.29, 1.82) is 0 Å². The van der Waals surface area contributed by atoms with E-state index in [0.717, 1.165) is 25.4 Å². The third-order valence-corrected chi connectivity index (χ3v) is 4.97. The average Bonchev–Trinajstić information content (AvgIpc) is 2.69. The summed E-state index contributed by atoms with van der Waals surface area (Å²) in [6, 6.07) is 17.8. The van der Waals surface area contributed by atoms with Crippen LogP contribution in [0, 0.1) is 6.92 Å². The molecule has 0 aromatic heterocycles. The number of piperidine rings is 1. The number of benzene rings is 2. The van der Waals surface area contributed by atoms with Crippen LogP contribution in [0.25, 0.3) is 0 Å². The van der Waals surface area contributed by atoms with Gasteiger partial charge in [-0.1, -0.05) is 29.8 Å². The summed E-state index contributed by atoms with van der Waals surface area (Å²) in [5, 5.41) is 3.70. The Bertz CT molecular complexity index is 647. The molecule has 0 amide bonds. The van der Waals surface area contributed by atoms with Crippen molar-refractivity contribution >= 4 is 5.69 Å². The quantitative estimate of drug-likeness (QED) is 0.732. The number of hydrogen-bond donors (Lipinski definition) is 1. The number of aryl methyl sites for hydroxylation is 1. The van der Waals surface area contributed by atoms with Gasteiger partial charge >= 0.3 is 0 Å². The van der Waals surface area contributed by atoms with Crippen molar-refractivity contribution in [3.8, 4) is 5.75 Å². The Hall–Kier alpha value is -2.04. The van der Waals surface area contributed by atoms with Crippen LogP contribution in [0.2, 0.25) is 0 Å². The number of nitrogens with zero attached hydrogens (tertiary/aromatic N) is 1. The van der Waals surface area contributed by atoms with E-state index in [0.29, 0.717) is 19.3 Å². The molecule has 0 radical (unpaired) electrons. The molecule has 0 unspecified atom stereocenters. The third-order valence-electron chi connectivity index (χ3n) is 4.97. The highest BCUT2D eigenvalue weighted by molar-refractivity contribution is 5.47. The predicted octanol–water partition coefficient (Wildman–Crippen LogP) is 3.78. The average molecular weight is 354 g/mol. The maximum absolute atomic E-state index is 5.61. The van der Waals surface area contributed by atoms with E-state index in [2.05, 4.69) is 53.5 Å². The molecule has 1 N–H and O–H groups in total. The first-order valence-corrected chi connectivity index (χ1v) is 9.50. The lowest BCUT2D eigenvalue weighted by molar-refractivity contribution is 0.146. The number of nitrogens with one attached hydrogen (secondary N) is 1. The van der Waals surface area contributed by atoms with Gasteiger partial charge in [-0.25, -0.2) is 0 Å². The normalized spacial score (nSPS) is 15.2. The van der Waals surface area contributed by atoms with Gasteiger partial charge < -0.3 is 19.7 Å². The smallest absolute Gasteiger partial charge is 0.119 e. The Morgan fingerprint density at radius 2 is 1.65 bits per heavy atom. The van der Waals surface area contributed by atoms with E-state index in [1.165, 1.54) is 29.7 Å². The van der Waals surface area contributed by atoms with Gasteiger partial charge in [-0.2, -0.15) is 0 Å². The van der Waals surface area contributed by atoms with Gasteiger partial charge in [0.2, 0.25) is 0 Å². The molecular formula is C22H30N2O2. The van der Waals surface area contributed by atoms with E-state index in [-0.39, 0.29) is 0 Å². The summed E-state index contributed by atoms with van der Waals surface area (Å²) in [5.41, 5.74) is 3.96. The van der Waals surface area contributed by atoms with Crippen LogP contribution in [-0.4, -0.2) is 39.5 Å². The summed E-state index contributed by atoms with van der Waals surface area (Å²) in [4.78, 5) is 2.49. The highest BCUT2D eigenvalue weighted by Crippen LogP contribution is 2.21. The molecule has 0 atom stereocenters. The van der Waals surface area contributed by atoms with Crippen molar-refractivity contribution in [2.24, 2.45) is 0 Å². The summed E-state index contributed by atoms with van der Waals surface area (Å²) in [5.74, 6) is 0.900. The third kappa shape index (κ3) is 5.48. The molecule has 0 aliphatic carbocycles. The highest BCUT2D eigenvalue weighted by atomic mass is 16.5. The number of hydrogen-bond acceptors (Lipinski definition) is 4. The van der Waals surface area contributed by atoms with Gasteiger partial charge in [0.15, 0.2) is 0 Å². The topological polar surface area (TPSA) is 33.7 Å². The van der Waals surface area contributed by atoms with E-state index < -0.39 is 0 Å². The number of ether oxygens (including phenoxy) is 2. The molecule has 0 spiro atoms. The summed E-state index contributed by atoms with van der Waals surface area (Å²) in [6.07, 6.45) is 2.37. The number of anilines is 1. The molecule has 1 saturated heterocycles. The molecule has 0 bridgehead atoms. The van der Waals surface area contributed by atoms with Gasteiger partial charge in [0.25, 0.3) is 0 Å². The van der Waals surface area contributed by atoms with Crippen molar-refractivity contribution in [1.82, 2.24) is 5.32 Å². The Morgan fingerprint density at radius 3 is 2.31 bits per heavy atom. The van der Waals surface area contributed by atoms with Crippen LogP contribution in [0.5, 0.6) is 5.75 Å². The van der Waals surface area contributed by atoms with Gasteiger partial charge in [-0.3, -0.25) is 0 Å². The van der Waals surface area contributed by atoms with Crippen molar-refractivity contribution in [2.75, 3.05) is 38.3 Å². The molecule has 1 fully saturated rings. The van der Waals surface area contributed by atoms with Gasteiger partial charge in [0, 0.05) is 38.5 Å². The Labute approximate surface area is 157 Å². The predicted molar refractivity (Wildman–Crippen MR) is 107 cm³/mol. The molecule has 4 heteroatoms. The van der Waals surface area contributed by atoms with E-state index in [1.54, 1.807) is 7.11 Å². The second kappa shape index (κ2) is 9.60. The van der Waals surface area contributed by atoms with Gasteiger partial charge in [0.05, 0.1) is 6.61 Å². The van der Waals surface area contributed by atoms with Crippen LogP contribution in [-0.2, 0) is 11.3 Å². The first-order valence-electron chi connectivity index (χ1n) is 9.50. The van der Waals surface area contributed by atoms with Crippen molar-refractivity contribution in [3.63, 3.8) is 0 Å². The standard InChI is InChI=1S/C22H30N2O2/c1-18-3-7-21(8-4-18)24-13-11-20(12-14-24)23-17-19-5-9-22(10-6-19)26-16-15-25-2/h3-10,20,23H,11-17H2,1-2H3. The maximum atomic E-state index is 5.61. The van der Waals surface area contributed by atoms with Crippen LogP contribution in [0.15, 0.2) is 48.5 Å². The fourth-order valence-electron chi connectivity index (χ4n) is 3.31. The lowest BCUT2D eigenvalue weighted by Crippen LogP contribution is -2.42. The molecule has 2 aromatic carbocycles. The summed E-state index contributed by atoms with van der Waals surface area (Å²) < 4.78 is 10.6. The van der Waals surface area contributed by atoms with E-state index >= 15 is 0 Å². The summed E-state index contributed by atoms with van der Waals surface area (Å²) >= 11 is 0. The second-order valence-corrected chi connectivity index (χ2v) is 6.96. The molecule has 1 aliphatic rings. The molecule has 140 valence electrons. The molecule has 0 saturated carbocycles. The van der Waals surface area contributed by atoms with Crippen LogP contribution >= 0.6 is 0 Å². The molecular weight excluding hydrogens is 324 g/mol. The van der Waals surface area contributed by atoms with Crippen LogP contribution in [0.4, 0.5) is 5.69 Å². The summed E-state index contributed by atoms with van der Waals surface area (Å²) in [7, 11) is 1.68. The Kier molecular flexibility index (Phi) is 6.92. The molecule has 26 heavy (non-hydrogen) atoms. The van der Waals surface area contributed by atoms with Crippen molar-refractivity contribution in [3.05, 3.63) is 59.7 Å². The van der Waals surface area contributed by atoms with Gasteiger partial charge in [-0.05, 0) is 49.6 Å². The van der Waals surface area contributed by atoms with Crippen LogP contribution in [0.3, 0.4) is 0 Å². The zero-order valence-electron chi connectivity index (χ0n) is 15.9. The molecule has 4 nitrogen and oxygen atoms in total. The summed E-state index contributed by atoms with van der Waals surface area (Å²) in [6.45, 7) is 6.49. The lowest BCUT2D eigenvalue weighted by atomic mass is 10.0. The van der Waals surface area contributed by atoms with E-state index in [9.17, 15) is 0 Å². The fraction of sp³-hybridized carbons (Fsp3) is 0.455. The Morgan fingerprint density at radius 1 is 0.962 bits per heavy atom. The minimum Gasteiger partial charge on any atom is -0.491 e. The minimum atomic E-state index is 0.591. The molecule has 2 aromatic rings. The fourth-order valence-corrected chi connectivity index (χ4v) is 3.31. The molecule has 1 heterocycles. The maximum Gasteiger partial charge on any atom is 0.119 e. The first kappa shape index (κ1) is 18.7. The van der Waals surface area contributed by atoms with Crippen molar-refractivity contribution in [2.45, 2.75) is 32.4 Å². The number of rotatable bonds is 8. The van der Waals surface area contributed by atoms with Gasteiger partial charge in [-0.15, -0.1) is 0 Å². The zero-order chi connectivity index (χ0) is 18.2. The number of methoxy groups -OCH3 is 1. The lowest BCUT2D eigenvalue weighted by Gasteiger charge is -2.34. The first-order chi connectivity index (χ1) is 12.7. The van der Waals surface area contributed by atoms with Crippen LogP contribution in [0.1, 0.15) is 24.0 Å². The largest absolute Gasteiger partial charge is 0.491 e. The molecule has 1 aliphatic heterocycles. The van der Waals surface area contributed by atoms with E-state index in [1.807, 2.05) is 12.1 Å². The van der Waals surface area contributed by atoms with Crippen LogP contribution < -0.4 is 15.0 Å². The van der Waals surface area contributed by atoms with Gasteiger partial charge in [0.1, 0.15) is 12.4 Å². The monoisotopic (exact) mass is 354 g/mol. The second-order valence-electron chi connectivity index (χ2n) is 6.96. The van der Waals surface area contributed by atoms with Crippen molar-refractivity contribution < 1.29 is 9.47 Å². The highest BCUT2D eigenvalue weighted by Gasteiger charge is 2.18. The Balaban J connectivity index is 1.40. The SMILES string of the molecule is COCCOc1ccc(CNC2CCN(c3ccc(C)cc3)CC2)cc1. The zero-order valence-corrected chi connectivity index (χ0v) is 15.9. The van der Waals surface area contributed by atoms with E-state index in [4.69, 9.17) is 9.47 Å².